The molecule has 0 aliphatic heterocycles. The van der Waals surface area contributed by atoms with Crippen LogP contribution in [0.2, 0.25) is 0 Å². The number of carboxylic acids is 1. The summed E-state index contributed by atoms with van der Waals surface area (Å²) in [7, 11) is -2.52. The standard InChI is InChI=1S/C12H14N2O4S/c1-9(12(15)16)14(2)19(17,18)8-11-5-3-4-10(6-11)7-13/h3-6,9H,8H2,1-2H3,(H,15,16). The summed E-state index contributed by atoms with van der Waals surface area (Å²) in [5, 5.41) is 17.6. The van der Waals surface area contributed by atoms with E-state index in [9.17, 15) is 13.2 Å². The smallest absolute Gasteiger partial charge is 0.321 e. The van der Waals surface area contributed by atoms with Crippen molar-refractivity contribution >= 4 is 16.0 Å². The maximum atomic E-state index is 12.0. The molecule has 0 aliphatic carbocycles. The van der Waals surface area contributed by atoms with E-state index >= 15 is 0 Å². The van der Waals surface area contributed by atoms with Crippen molar-refractivity contribution in [2.24, 2.45) is 0 Å². The molecular weight excluding hydrogens is 268 g/mol. The number of likely N-dealkylation sites (N-methyl/N-ethyl adjacent to an activating group) is 1. The molecule has 0 saturated heterocycles. The second kappa shape index (κ2) is 5.82. The summed E-state index contributed by atoms with van der Waals surface area (Å²) in [5.74, 6) is -1.55. The summed E-state index contributed by atoms with van der Waals surface area (Å²) in [4.78, 5) is 10.8. The average molecular weight is 282 g/mol. The minimum Gasteiger partial charge on any atom is -0.480 e. The van der Waals surface area contributed by atoms with Gasteiger partial charge in [0.05, 0.1) is 17.4 Å². The zero-order chi connectivity index (χ0) is 14.6. The van der Waals surface area contributed by atoms with Gasteiger partial charge in [-0.1, -0.05) is 12.1 Å². The van der Waals surface area contributed by atoms with E-state index in [0.717, 1.165) is 4.31 Å². The maximum absolute atomic E-state index is 12.0. The van der Waals surface area contributed by atoms with Gasteiger partial charge in [0.2, 0.25) is 10.0 Å². The molecule has 1 atom stereocenters. The van der Waals surface area contributed by atoms with E-state index in [4.69, 9.17) is 10.4 Å². The number of nitriles is 1. The van der Waals surface area contributed by atoms with Crippen LogP contribution < -0.4 is 0 Å². The van der Waals surface area contributed by atoms with Gasteiger partial charge in [-0.05, 0) is 24.6 Å². The summed E-state index contributed by atoms with van der Waals surface area (Å²) in [6.07, 6.45) is 0. The van der Waals surface area contributed by atoms with Crippen LogP contribution in [0.4, 0.5) is 0 Å². The Labute approximate surface area is 111 Å². The number of hydrogen-bond donors (Lipinski definition) is 1. The molecule has 0 bridgehead atoms. The average Bonchev–Trinajstić information content (AvgIpc) is 2.36. The number of sulfonamides is 1. The number of nitrogens with zero attached hydrogens (tertiary/aromatic N) is 2. The minimum atomic E-state index is -3.74. The van der Waals surface area contributed by atoms with Crippen LogP contribution in [0, 0.1) is 11.3 Å². The first-order valence-electron chi connectivity index (χ1n) is 5.45. The van der Waals surface area contributed by atoms with Crippen LogP contribution in [0.1, 0.15) is 18.1 Å². The van der Waals surface area contributed by atoms with Crippen molar-refractivity contribution in [2.75, 3.05) is 7.05 Å². The molecule has 0 radical (unpaired) electrons. The van der Waals surface area contributed by atoms with Crippen LogP contribution >= 0.6 is 0 Å². The van der Waals surface area contributed by atoms with E-state index in [0.29, 0.717) is 11.1 Å². The number of hydrogen-bond acceptors (Lipinski definition) is 4. The number of benzene rings is 1. The molecule has 1 rings (SSSR count). The van der Waals surface area contributed by atoms with Gasteiger partial charge < -0.3 is 5.11 Å². The van der Waals surface area contributed by atoms with Crippen LogP contribution in [-0.2, 0) is 20.6 Å². The van der Waals surface area contributed by atoms with Crippen LogP contribution in [-0.4, -0.2) is 36.9 Å². The normalized spacial score (nSPS) is 12.9. The Kier molecular flexibility index (Phi) is 4.64. The predicted octanol–water partition coefficient (Wildman–Crippen LogP) is 0.793. The second-order valence-electron chi connectivity index (χ2n) is 4.10. The molecule has 1 unspecified atom stereocenters. The van der Waals surface area contributed by atoms with E-state index in [2.05, 4.69) is 0 Å². The third-order valence-corrected chi connectivity index (χ3v) is 4.64. The summed E-state index contributed by atoms with van der Waals surface area (Å²) in [6, 6.07) is 6.99. The fourth-order valence-electron chi connectivity index (χ4n) is 1.44. The lowest BCUT2D eigenvalue weighted by atomic mass is 10.2. The van der Waals surface area contributed by atoms with Crippen LogP contribution in [0.5, 0.6) is 0 Å². The molecule has 1 N–H and O–H groups in total. The summed E-state index contributed by atoms with van der Waals surface area (Å²) < 4.78 is 24.9. The Balaban J connectivity index is 2.97. The van der Waals surface area contributed by atoms with E-state index in [-0.39, 0.29) is 5.75 Å². The Bertz CT molecular complexity index is 619. The van der Waals surface area contributed by atoms with Gasteiger partial charge >= 0.3 is 5.97 Å². The van der Waals surface area contributed by atoms with Gasteiger partial charge in [-0.15, -0.1) is 0 Å². The van der Waals surface area contributed by atoms with Gasteiger partial charge in [-0.25, -0.2) is 8.42 Å². The topological polar surface area (TPSA) is 98.5 Å². The van der Waals surface area contributed by atoms with Crippen molar-refractivity contribution in [3.63, 3.8) is 0 Å². The van der Waals surface area contributed by atoms with Crippen molar-refractivity contribution in [1.82, 2.24) is 4.31 Å². The molecule has 0 fully saturated rings. The molecule has 0 spiro atoms. The van der Waals surface area contributed by atoms with Gasteiger partial charge in [0.25, 0.3) is 0 Å². The molecule has 7 heteroatoms. The van der Waals surface area contributed by atoms with Gasteiger partial charge in [-0.3, -0.25) is 4.79 Å². The van der Waals surface area contributed by atoms with E-state index in [1.165, 1.54) is 20.0 Å². The molecule has 0 aliphatic rings. The first-order chi connectivity index (χ1) is 8.77. The lowest BCUT2D eigenvalue weighted by Crippen LogP contribution is -2.40. The largest absolute Gasteiger partial charge is 0.480 e. The molecule has 0 amide bonds. The molecule has 102 valence electrons. The predicted molar refractivity (Wildman–Crippen MR) is 68.6 cm³/mol. The van der Waals surface area contributed by atoms with Gasteiger partial charge in [0, 0.05) is 7.05 Å². The number of aliphatic carboxylic acids is 1. The third kappa shape index (κ3) is 3.77. The quantitative estimate of drug-likeness (QED) is 0.861. The zero-order valence-electron chi connectivity index (χ0n) is 10.6. The molecule has 19 heavy (non-hydrogen) atoms. The second-order valence-corrected chi connectivity index (χ2v) is 6.13. The number of carbonyl (C=O) groups is 1. The molecule has 0 saturated carbocycles. The Morgan fingerprint density at radius 1 is 1.53 bits per heavy atom. The SMILES string of the molecule is CC(C(=O)O)N(C)S(=O)(=O)Cc1cccc(C#N)c1. The van der Waals surface area contributed by atoms with Crippen molar-refractivity contribution in [3.8, 4) is 6.07 Å². The van der Waals surface area contributed by atoms with Crippen molar-refractivity contribution in [1.29, 1.82) is 5.26 Å². The highest BCUT2D eigenvalue weighted by Gasteiger charge is 2.27. The Morgan fingerprint density at radius 2 is 2.16 bits per heavy atom. The molecule has 0 heterocycles. The van der Waals surface area contributed by atoms with Crippen molar-refractivity contribution in [2.45, 2.75) is 18.7 Å². The van der Waals surface area contributed by atoms with Gasteiger partial charge in [0.1, 0.15) is 6.04 Å². The Hall–Kier alpha value is -1.91. The third-order valence-electron chi connectivity index (χ3n) is 2.75. The molecule has 6 nitrogen and oxygen atoms in total. The Morgan fingerprint density at radius 3 is 2.68 bits per heavy atom. The lowest BCUT2D eigenvalue weighted by molar-refractivity contribution is -0.140. The van der Waals surface area contributed by atoms with Crippen LogP contribution in [0.3, 0.4) is 0 Å². The number of carboxylic acid groups (broad SMARTS) is 1. The van der Waals surface area contributed by atoms with E-state index in [1.54, 1.807) is 18.2 Å². The van der Waals surface area contributed by atoms with Crippen LogP contribution in [0.15, 0.2) is 24.3 Å². The fourth-order valence-corrected chi connectivity index (χ4v) is 2.82. The maximum Gasteiger partial charge on any atom is 0.321 e. The molecule has 1 aromatic rings. The summed E-state index contributed by atoms with van der Waals surface area (Å²) in [5.41, 5.74) is 0.810. The van der Waals surface area contributed by atoms with E-state index in [1.807, 2.05) is 6.07 Å². The molecular formula is C12H14N2O4S. The highest BCUT2D eigenvalue weighted by atomic mass is 32.2. The first kappa shape index (κ1) is 15.1. The molecule has 0 aromatic heterocycles. The van der Waals surface area contributed by atoms with Crippen molar-refractivity contribution in [3.05, 3.63) is 35.4 Å². The summed E-state index contributed by atoms with van der Waals surface area (Å²) >= 11 is 0. The zero-order valence-corrected chi connectivity index (χ0v) is 11.4. The van der Waals surface area contributed by atoms with Crippen molar-refractivity contribution < 1.29 is 18.3 Å². The van der Waals surface area contributed by atoms with E-state index < -0.39 is 22.0 Å². The highest BCUT2D eigenvalue weighted by Crippen LogP contribution is 2.13. The molecule has 1 aromatic carbocycles. The minimum absolute atomic E-state index is 0.337. The van der Waals surface area contributed by atoms with Crippen LogP contribution in [0.25, 0.3) is 0 Å². The number of rotatable bonds is 5. The van der Waals surface area contributed by atoms with Gasteiger partial charge in [-0.2, -0.15) is 9.57 Å². The first-order valence-corrected chi connectivity index (χ1v) is 7.06. The highest BCUT2D eigenvalue weighted by molar-refractivity contribution is 7.88. The monoisotopic (exact) mass is 282 g/mol. The van der Waals surface area contributed by atoms with Gasteiger partial charge in [0.15, 0.2) is 0 Å². The fraction of sp³-hybridized carbons (Fsp3) is 0.333. The lowest BCUT2D eigenvalue weighted by Gasteiger charge is -2.21. The summed E-state index contributed by atoms with van der Waals surface area (Å²) in [6.45, 7) is 1.30.